The van der Waals surface area contributed by atoms with E-state index in [2.05, 4.69) is 5.10 Å². The Kier molecular flexibility index (Phi) is 4.78. The van der Waals surface area contributed by atoms with Crippen LogP contribution in [0.1, 0.15) is 5.56 Å². The first-order valence-electron chi connectivity index (χ1n) is 5.31. The maximum Gasteiger partial charge on any atom is 0.460 e. The highest BCUT2D eigenvalue weighted by Gasteiger charge is 2.76. The summed E-state index contributed by atoms with van der Waals surface area (Å²) in [6.07, 6.45) is -5.96. The van der Waals surface area contributed by atoms with Gasteiger partial charge in [0.1, 0.15) is 5.82 Å². The second kappa shape index (κ2) is 5.89. The molecular weight excluding hydrogens is 328 g/mol. The number of hydrogen-bond donors (Lipinski definition) is 1. The third kappa shape index (κ3) is 3.52. The lowest BCUT2D eigenvalue weighted by molar-refractivity contribution is -0.344. The van der Waals surface area contributed by atoms with Crippen molar-refractivity contribution in [2.45, 2.75) is 18.0 Å². The molecule has 1 rings (SSSR count). The fourth-order valence-electron chi connectivity index (χ4n) is 1.11. The van der Waals surface area contributed by atoms with Gasteiger partial charge in [-0.1, -0.05) is 12.1 Å². The summed E-state index contributed by atoms with van der Waals surface area (Å²) in [6, 6.07) is 4.06. The van der Waals surface area contributed by atoms with Gasteiger partial charge in [0, 0.05) is 0 Å². The molecule has 1 amide bonds. The lowest BCUT2D eigenvalue weighted by Gasteiger charge is -2.26. The zero-order valence-corrected chi connectivity index (χ0v) is 10.3. The number of hydrogen-bond acceptors (Lipinski definition) is 2. The Hall–Kier alpha value is -2.20. The highest BCUT2D eigenvalue weighted by molar-refractivity contribution is 5.86. The zero-order valence-electron chi connectivity index (χ0n) is 10.3. The van der Waals surface area contributed by atoms with Gasteiger partial charge in [-0.3, -0.25) is 4.79 Å². The average Bonchev–Trinajstić information content (AvgIpc) is 2.39. The van der Waals surface area contributed by atoms with Gasteiger partial charge in [0.05, 0.1) is 6.21 Å². The van der Waals surface area contributed by atoms with E-state index >= 15 is 0 Å². The van der Waals surface area contributed by atoms with Gasteiger partial charge < -0.3 is 0 Å². The average molecular weight is 334 g/mol. The maximum atomic E-state index is 12.9. The standard InChI is InChI=1S/C11H6F8N2O/c12-7-3-1-6(2-4-7)5-20-21-8(22)9(13,14)10(15,16)11(17,18)19/h1-5H,(H,21,22). The molecule has 0 saturated carbocycles. The van der Waals surface area contributed by atoms with Crippen LogP contribution >= 0.6 is 0 Å². The number of nitrogens with zero attached hydrogens (tertiary/aromatic N) is 1. The van der Waals surface area contributed by atoms with Crippen molar-refractivity contribution in [1.82, 2.24) is 5.43 Å². The van der Waals surface area contributed by atoms with Gasteiger partial charge in [-0.15, -0.1) is 0 Å². The van der Waals surface area contributed by atoms with E-state index in [1.165, 1.54) is 0 Å². The topological polar surface area (TPSA) is 41.5 Å². The summed E-state index contributed by atoms with van der Waals surface area (Å²) in [6.45, 7) is 0. The van der Waals surface area contributed by atoms with E-state index in [1.54, 1.807) is 0 Å². The number of halogens is 8. The van der Waals surface area contributed by atoms with Crippen LogP contribution in [0.4, 0.5) is 35.1 Å². The Labute approximate surface area is 117 Å². The number of alkyl halides is 7. The van der Waals surface area contributed by atoms with E-state index in [0.717, 1.165) is 29.7 Å². The van der Waals surface area contributed by atoms with Crippen molar-refractivity contribution in [1.29, 1.82) is 0 Å². The van der Waals surface area contributed by atoms with Crippen molar-refractivity contribution >= 4 is 12.1 Å². The fourth-order valence-corrected chi connectivity index (χ4v) is 1.11. The highest BCUT2D eigenvalue weighted by atomic mass is 19.4. The Balaban J connectivity index is 2.81. The molecule has 0 aliphatic rings. The molecule has 0 atom stereocenters. The first-order valence-corrected chi connectivity index (χ1v) is 5.31. The summed E-state index contributed by atoms with van der Waals surface area (Å²) in [4.78, 5) is 10.8. The SMILES string of the molecule is O=C(NN=Cc1ccc(F)cc1)C(F)(F)C(F)(F)C(F)(F)F. The van der Waals surface area contributed by atoms with Crippen molar-refractivity contribution in [3.63, 3.8) is 0 Å². The minimum atomic E-state index is -6.62. The van der Waals surface area contributed by atoms with Crippen molar-refractivity contribution in [2.75, 3.05) is 0 Å². The van der Waals surface area contributed by atoms with Crippen LogP contribution in [0.15, 0.2) is 29.4 Å². The first-order chi connectivity index (χ1) is 9.89. The molecule has 0 unspecified atom stereocenters. The number of rotatable bonds is 4. The van der Waals surface area contributed by atoms with Crippen LogP contribution in [0, 0.1) is 5.82 Å². The Morgan fingerprint density at radius 2 is 1.50 bits per heavy atom. The molecule has 1 aromatic carbocycles. The van der Waals surface area contributed by atoms with E-state index in [1.807, 2.05) is 0 Å². The van der Waals surface area contributed by atoms with Gasteiger partial charge in [-0.2, -0.15) is 35.8 Å². The monoisotopic (exact) mass is 334 g/mol. The Bertz CT molecular complexity index is 564. The summed E-state index contributed by atoms with van der Waals surface area (Å²) in [5.41, 5.74) is 0.947. The van der Waals surface area contributed by atoms with E-state index in [0.29, 0.717) is 6.21 Å². The van der Waals surface area contributed by atoms with Gasteiger partial charge in [-0.25, -0.2) is 9.82 Å². The predicted octanol–water partition coefficient (Wildman–Crippen LogP) is 3.11. The largest absolute Gasteiger partial charge is 0.460 e. The zero-order chi connectivity index (χ0) is 17.2. The second-order valence-corrected chi connectivity index (χ2v) is 3.90. The third-order valence-corrected chi connectivity index (χ3v) is 2.29. The lowest BCUT2D eigenvalue weighted by Crippen LogP contribution is -2.58. The summed E-state index contributed by atoms with van der Waals surface area (Å²) < 4.78 is 98.8. The van der Waals surface area contributed by atoms with E-state index in [9.17, 15) is 39.9 Å². The van der Waals surface area contributed by atoms with Gasteiger partial charge in [0.2, 0.25) is 0 Å². The van der Waals surface area contributed by atoms with Crippen LogP contribution in [0.2, 0.25) is 0 Å². The molecule has 0 radical (unpaired) electrons. The summed E-state index contributed by atoms with van der Waals surface area (Å²) in [5.74, 6) is -16.2. The fraction of sp³-hybridized carbons (Fsp3) is 0.273. The second-order valence-electron chi connectivity index (χ2n) is 3.90. The predicted molar refractivity (Wildman–Crippen MR) is 58.1 cm³/mol. The Morgan fingerprint density at radius 1 is 1.00 bits per heavy atom. The molecule has 0 aliphatic heterocycles. The molecule has 22 heavy (non-hydrogen) atoms. The normalized spacial score (nSPS) is 13.5. The van der Waals surface area contributed by atoms with Crippen molar-refractivity contribution in [3.8, 4) is 0 Å². The number of amides is 1. The molecule has 122 valence electrons. The van der Waals surface area contributed by atoms with Crippen LogP contribution in [0.3, 0.4) is 0 Å². The molecule has 1 N–H and O–H groups in total. The van der Waals surface area contributed by atoms with E-state index in [4.69, 9.17) is 0 Å². The molecule has 1 aromatic rings. The van der Waals surface area contributed by atoms with Gasteiger partial charge in [0.15, 0.2) is 0 Å². The number of carbonyl (C=O) groups is 1. The first kappa shape index (κ1) is 17.9. The maximum absolute atomic E-state index is 12.9. The van der Waals surface area contributed by atoms with Crippen LogP contribution < -0.4 is 5.43 Å². The number of hydrazone groups is 1. The summed E-state index contributed by atoms with van der Waals surface area (Å²) in [5, 5.41) is 2.81. The molecule has 0 saturated heterocycles. The molecule has 0 aliphatic carbocycles. The summed E-state index contributed by atoms with van der Waals surface area (Å²) >= 11 is 0. The van der Waals surface area contributed by atoms with E-state index in [-0.39, 0.29) is 5.56 Å². The van der Waals surface area contributed by atoms with Crippen LogP contribution in [0.25, 0.3) is 0 Å². The molecule has 0 heterocycles. The van der Waals surface area contributed by atoms with Crippen molar-refractivity contribution < 1.29 is 39.9 Å². The smallest absolute Gasteiger partial charge is 0.266 e. The van der Waals surface area contributed by atoms with E-state index < -0.39 is 29.7 Å². The van der Waals surface area contributed by atoms with Gasteiger partial charge in [0.25, 0.3) is 0 Å². The number of carbonyl (C=O) groups excluding carboxylic acids is 1. The Morgan fingerprint density at radius 3 is 1.95 bits per heavy atom. The molecule has 0 bridgehead atoms. The van der Waals surface area contributed by atoms with Gasteiger partial charge in [-0.05, 0) is 17.7 Å². The van der Waals surface area contributed by atoms with Crippen molar-refractivity contribution in [3.05, 3.63) is 35.6 Å². The molecule has 3 nitrogen and oxygen atoms in total. The molecular formula is C11H6F8N2O. The lowest BCUT2D eigenvalue weighted by atomic mass is 10.1. The molecule has 0 fully saturated rings. The molecule has 11 heteroatoms. The molecule has 0 spiro atoms. The third-order valence-electron chi connectivity index (χ3n) is 2.29. The van der Waals surface area contributed by atoms with Gasteiger partial charge >= 0.3 is 23.9 Å². The van der Waals surface area contributed by atoms with Crippen molar-refractivity contribution in [2.24, 2.45) is 5.10 Å². The van der Waals surface area contributed by atoms with Crippen LogP contribution in [0.5, 0.6) is 0 Å². The van der Waals surface area contributed by atoms with Crippen LogP contribution in [-0.4, -0.2) is 30.1 Å². The summed E-state index contributed by atoms with van der Waals surface area (Å²) in [7, 11) is 0. The highest BCUT2D eigenvalue weighted by Crippen LogP contribution is 2.46. The minimum Gasteiger partial charge on any atom is -0.266 e. The quantitative estimate of drug-likeness (QED) is 0.513. The number of benzene rings is 1. The minimum absolute atomic E-state index is 0.0765. The number of nitrogens with one attached hydrogen (secondary N) is 1. The molecule has 0 aromatic heterocycles. The van der Waals surface area contributed by atoms with Crippen LogP contribution in [-0.2, 0) is 4.79 Å².